The number of rotatable bonds is 11. The average molecular weight is 634 g/mol. The van der Waals surface area contributed by atoms with E-state index in [0.717, 1.165) is 42.7 Å². The first-order valence-corrected chi connectivity index (χ1v) is 16.2. The Balaban J connectivity index is 1.32. The van der Waals surface area contributed by atoms with Crippen LogP contribution >= 0.6 is 23.1 Å². The van der Waals surface area contributed by atoms with Crippen molar-refractivity contribution in [3.8, 4) is 11.1 Å². The molecule has 4 aromatic rings. The van der Waals surface area contributed by atoms with Gasteiger partial charge in [0.2, 0.25) is 0 Å². The van der Waals surface area contributed by atoms with Gasteiger partial charge in [-0.1, -0.05) is 83.8 Å². The minimum atomic E-state index is -0.858. The molecule has 5 rings (SSSR count). The zero-order valence-electron chi connectivity index (χ0n) is 24.8. The summed E-state index contributed by atoms with van der Waals surface area (Å²) >= 11 is 3.21. The van der Waals surface area contributed by atoms with Crippen molar-refractivity contribution in [3.05, 3.63) is 100 Å². The molecule has 1 aromatic heterocycles. The van der Waals surface area contributed by atoms with Gasteiger partial charge in [0.15, 0.2) is 16.7 Å². The first-order chi connectivity index (χ1) is 21.3. The first-order valence-electron chi connectivity index (χ1n) is 14.3. The molecule has 11 heteroatoms. The van der Waals surface area contributed by atoms with Crippen LogP contribution in [0.4, 0.5) is 0 Å². The third kappa shape index (κ3) is 8.52. The number of aromatic nitrogens is 2. The highest BCUT2D eigenvalue weighted by molar-refractivity contribution is 8.01. The van der Waals surface area contributed by atoms with Gasteiger partial charge < -0.3 is 24.6 Å². The SMILES string of the molecule is CC(=O)OC(C)C(=O)NCc1cccc(-c2cccc(C3OC(CSc4nnc(C)s4)CC(c4ccc(CO)cc4)O3)c2)c1. The molecule has 2 heterocycles. The highest BCUT2D eigenvalue weighted by Gasteiger charge is 2.32. The largest absolute Gasteiger partial charge is 0.453 e. The average Bonchev–Trinajstić information content (AvgIpc) is 3.47. The second kappa shape index (κ2) is 14.9. The number of thioether (sulfide) groups is 1. The lowest BCUT2D eigenvalue weighted by Gasteiger charge is -2.36. The summed E-state index contributed by atoms with van der Waals surface area (Å²) in [4.78, 5) is 23.5. The standard InChI is InChI=1S/C33H35N3O6S2/c1-20(40-22(3)38)31(39)34-17-24-6-4-7-26(14-24)27-8-5-9-28(15-27)32-41-29(19-43-33-36-35-21(2)44-33)16-30(42-32)25-12-10-23(18-37)11-13-25/h4-15,20,29-30,32,37H,16-19H2,1-3H3,(H,34,39). The van der Waals surface area contributed by atoms with E-state index in [1.807, 2.05) is 73.7 Å². The predicted molar refractivity (Wildman–Crippen MR) is 169 cm³/mol. The first kappa shape index (κ1) is 31.8. The smallest absolute Gasteiger partial charge is 0.303 e. The number of benzene rings is 3. The van der Waals surface area contributed by atoms with Crippen molar-refractivity contribution in [1.82, 2.24) is 15.5 Å². The van der Waals surface area contributed by atoms with Gasteiger partial charge in [0.05, 0.1) is 18.8 Å². The molecule has 230 valence electrons. The number of hydrogen-bond acceptors (Lipinski definition) is 10. The summed E-state index contributed by atoms with van der Waals surface area (Å²) in [6, 6.07) is 23.9. The lowest BCUT2D eigenvalue weighted by molar-refractivity contribution is -0.245. The molecule has 2 N–H and O–H groups in total. The Morgan fingerprint density at radius 2 is 1.77 bits per heavy atom. The topological polar surface area (TPSA) is 120 Å². The summed E-state index contributed by atoms with van der Waals surface area (Å²) in [7, 11) is 0. The Labute approximate surface area is 265 Å². The van der Waals surface area contributed by atoms with Gasteiger partial charge in [0, 0.05) is 31.2 Å². The zero-order valence-corrected chi connectivity index (χ0v) is 26.4. The molecule has 1 saturated heterocycles. The summed E-state index contributed by atoms with van der Waals surface area (Å²) < 4.78 is 18.9. The third-order valence-electron chi connectivity index (χ3n) is 7.11. The van der Waals surface area contributed by atoms with Crippen LogP contribution in [0.5, 0.6) is 0 Å². The Morgan fingerprint density at radius 3 is 2.48 bits per heavy atom. The van der Waals surface area contributed by atoms with Crippen LogP contribution in [0.25, 0.3) is 11.1 Å². The maximum absolute atomic E-state index is 12.3. The maximum atomic E-state index is 12.3. The molecule has 4 unspecified atom stereocenters. The molecule has 1 fully saturated rings. The number of carbonyl (C=O) groups excluding carboxylic acids is 2. The van der Waals surface area contributed by atoms with Crippen molar-refractivity contribution in [1.29, 1.82) is 0 Å². The van der Waals surface area contributed by atoms with Gasteiger partial charge in [0.1, 0.15) is 5.01 Å². The Bertz CT molecular complexity index is 1580. The summed E-state index contributed by atoms with van der Waals surface area (Å²) in [6.07, 6.45) is -1.03. The molecule has 0 aliphatic carbocycles. The second-order valence-corrected chi connectivity index (χ2v) is 13.0. The highest BCUT2D eigenvalue weighted by Crippen LogP contribution is 2.40. The summed E-state index contributed by atoms with van der Waals surface area (Å²) in [6.45, 7) is 5.06. The van der Waals surface area contributed by atoms with Crippen LogP contribution in [0.3, 0.4) is 0 Å². The number of aryl methyl sites for hydroxylation is 1. The Kier molecular flexibility index (Phi) is 10.8. The lowest BCUT2D eigenvalue weighted by Crippen LogP contribution is -2.35. The van der Waals surface area contributed by atoms with Gasteiger partial charge >= 0.3 is 5.97 Å². The van der Waals surface area contributed by atoms with Crippen LogP contribution < -0.4 is 5.32 Å². The molecule has 44 heavy (non-hydrogen) atoms. The van der Waals surface area contributed by atoms with Gasteiger partial charge in [-0.15, -0.1) is 10.2 Å². The molecule has 0 radical (unpaired) electrons. The van der Waals surface area contributed by atoms with Gasteiger partial charge in [-0.2, -0.15) is 0 Å². The zero-order chi connectivity index (χ0) is 31.1. The molecule has 1 aliphatic heterocycles. The number of ether oxygens (including phenoxy) is 3. The monoisotopic (exact) mass is 633 g/mol. The van der Waals surface area contributed by atoms with E-state index >= 15 is 0 Å². The van der Waals surface area contributed by atoms with Gasteiger partial charge in [0.25, 0.3) is 5.91 Å². The minimum Gasteiger partial charge on any atom is -0.453 e. The van der Waals surface area contributed by atoms with E-state index in [1.54, 1.807) is 30.0 Å². The molecule has 0 saturated carbocycles. The van der Waals surface area contributed by atoms with Crippen LogP contribution in [0.15, 0.2) is 77.1 Å². The molecule has 1 amide bonds. The fourth-order valence-corrected chi connectivity index (χ4v) is 6.74. The van der Waals surface area contributed by atoms with Crippen molar-refractivity contribution in [2.45, 2.75) is 69.3 Å². The molecular formula is C33H35N3O6S2. The highest BCUT2D eigenvalue weighted by atomic mass is 32.2. The maximum Gasteiger partial charge on any atom is 0.303 e. The molecule has 0 spiro atoms. The van der Waals surface area contributed by atoms with Gasteiger partial charge in [-0.05, 0) is 53.8 Å². The van der Waals surface area contributed by atoms with Gasteiger partial charge in [-0.3, -0.25) is 9.59 Å². The van der Waals surface area contributed by atoms with E-state index in [0.29, 0.717) is 18.7 Å². The lowest BCUT2D eigenvalue weighted by atomic mass is 9.99. The van der Waals surface area contributed by atoms with Crippen LogP contribution in [-0.2, 0) is 37.0 Å². The normalized spacial score (nSPS) is 18.9. The number of nitrogens with one attached hydrogen (secondary N) is 1. The Hall–Kier alpha value is -3.61. The summed E-state index contributed by atoms with van der Waals surface area (Å²) in [5.74, 6) is -0.138. The molecule has 4 atom stereocenters. The Morgan fingerprint density at radius 1 is 1.02 bits per heavy atom. The van der Waals surface area contributed by atoms with Crippen molar-refractivity contribution >= 4 is 35.0 Å². The van der Waals surface area contributed by atoms with Crippen molar-refractivity contribution in [3.63, 3.8) is 0 Å². The van der Waals surface area contributed by atoms with E-state index in [-0.39, 0.29) is 24.7 Å². The number of amides is 1. The van der Waals surface area contributed by atoms with E-state index < -0.39 is 18.4 Å². The molecule has 1 aliphatic rings. The number of nitrogens with zero attached hydrogens (tertiary/aromatic N) is 2. The molecule has 3 aromatic carbocycles. The number of aliphatic hydroxyl groups excluding tert-OH is 1. The minimum absolute atomic E-state index is 0.00810. The number of hydrogen-bond donors (Lipinski definition) is 2. The van der Waals surface area contributed by atoms with Gasteiger partial charge in [-0.25, -0.2) is 0 Å². The van der Waals surface area contributed by atoms with Crippen LogP contribution in [0.1, 0.15) is 59.9 Å². The fourth-order valence-electron chi connectivity index (χ4n) is 4.88. The van der Waals surface area contributed by atoms with E-state index in [1.165, 1.54) is 6.92 Å². The van der Waals surface area contributed by atoms with Crippen molar-refractivity contribution in [2.24, 2.45) is 0 Å². The van der Waals surface area contributed by atoms with Crippen LogP contribution in [-0.4, -0.2) is 45.1 Å². The van der Waals surface area contributed by atoms with Crippen LogP contribution in [0, 0.1) is 6.92 Å². The fraction of sp³-hybridized carbons (Fsp3) is 0.333. The van der Waals surface area contributed by atoms with Crippen LogP contribution in [0.2, 0.25) is 0 Å². The predicted octanol–water partition coefficient (Wildman–Crippen LogP) is 5.91. The molecular weight excluding hydrogens is 599 g/mol. The second-order valence-electron chi connectivity index (χ2n) is 10.5. The van der Waals surface area contributed by atoms with E-state index in [2.05, 4.69) is 21.6 Å². The number of aliphatic hydroxyl groups is 1. The number of esters is 1. The van der Waals surface area contributed by atoms with Crippen molar-refractivity contribution < 1.29 is 28.9 Å². The molecule has 0 bridgehead atoms. The van der Waals surface area contributed by atoms with Crippen molar-refractivity contribution in [2.75, 3.05) is 5.75 Å². The summed E-state index contributed by atoms with van der Waals surface area (Å²) in [5.41, 5.74) is 5.67. The quantitative estimate of drug-likeness (QED) is 0.153. The summed E-state index contributed by atoms with van der Waals surface area (Å²) in [5, 5.41) is 21.6. The third-order valence-corrected chi connectivity index (χ3v) is 9.22. The van der Waals surface area contributed by atoms with E-state index in [4.69, 9.17) is 14.2 Å². The number of carbonyl (C=O) groups is 2. The molecule has 9 nitrogen and oxygen atoms in total. The van der Waals surface area contributed by atoms with E-state index in [9.17, 15) is 14.7 Å².